The molecule has 0 saturated carbocycles. The lowest BCUT2D eigenvalue weighted by atomic mass is 10.0. The number of nitrogens with zero attached hydrogens (tertiary/aromatic N) is 2. The lowest BCUT2D eigenvalue weighted by Gasteiger charge is -2.13. The average molecular weight is 598 g/mol. The summed E-state index contributed by atoms with van der Waals surface area (Å²) in [5.74, 6) is -0.754. The topological polar surface area (TPSA) is 115 Å². The molecule has 1 aromatic heterocycles. The number of sulfonamides is 1. The number of nitrogens with one attached hydrogen (secondary N) is 1. The van der Waals surface area contributed by atoms with Crippen LogP contribution in [0.25, 0.3) is 22.2 Å². The van der Waals surface area contributed by atoms with E-state index in [0.717, 1.165) is 24.7 Å². The van der Waals surface area contributed by atoms with Gasteiger partial charge in [-0.3, -0.25) is 0 Å². The Balaban J connectivity index is 1.57. The van der Waals surface area contributed by atoms with Gasteiger partial charge in [0, 0.05) is 17.5 Å². The molecular formula is C26H23F4N3O5S2. The van der Waals surface area contributed by atoms with Crippen LogP contribution in [0.4, 0.5) is 17.6 Å². The molecule has 212 valence electrons. The van der Waals surface area contributed by atoms with E-state index in [4.69, 9.17) is 4.74 Å². The number of sulfone groups is 1. The SMILES string of the molecule is CS(=O)(=O)NCCCCS(=O)(=O)c1cccc(Oc2ccc(F)c(-c3ncnc4c(C(F)(F)F)cccc34)c2)c1. The minimum Gasteiger partial charge on any atom is -0.457 e. The highest BCUT2D eigenvalue weighted by Gasteiger charge is 2.33. The first-order valence-electron chi connectivity index (χ1n) is 11.8. The maximum absolute atomic E-state index is 14.9. The highest BCUT2D eigenvalue weighted by atomic mass is 32.2. The van der Waals surface area contributed by atoms with E-state index >= 15 is 0 Å². The predicted octanol–water partition coefficient (Wildman–Crippen LogP) is 5.35. The second-order valence-corrected chi connectivity index (χ2v) is 12.8. The molecule has 4 aromatic rings. The Morgan fingerprint density at radius 2 is 1.62 bits per heavy atom. The van der Waals surface area contributed by atoms with E-state index in [-0.39, 0.29) is 57.3 Å². The highest BCUT2D eigenvalue weighted by Crippen LogP contribution is 2.38. The zero-order valence-corrected chi connectivity index (χ0v) is 22.6. The van der Waals surface area contributed by atoms with Crippen molar-refractivity contribution in [1.82, 2.24) is 14.7 Å². The molecule has 0 aliphatic rings. The van der Waals surface area contributed by atoms with Gasteiger partial charge in [-0.05, 0) is 55.3 Å². The number of aromatic nitrogens is 2. The van der Waals surface area contributed by atoms with Crippen molar-refractivity contribution in [3.05, 3.63) is 78.4 Å². The first-order valence-corrected chi connectivity index (χ1v) is 15.4. The number of para-hydroxylation sites is 1. The molecule has 1 heterocycles. The van der Waals surface area contributed by atoms with Crippen LogP contribution in [0.3, 0.4) is 0 Å². The van der Waals surface area contributed by atoms with E-state index in [9.17, 15) is 34.4 Å². The van der Waals surface area contributed by atoms with Gasteiger partial charge in [-0.1, -0.05) is 18.2 Å². The van der Waals surface area contributed by atoms with E-state index in [1.807, 2.05) is 0 Å². The number of halogens is 4. The summed E-state index contributed by atoms with van der Waals surface area (Å²) in [6.45, 7) is 0.115. The van der Waals surface area contributed by atoms with Crippen molar-refractivity contribution < 1.29 is 39.1 Å². The summed E-state index contributed by atoms with van der Waals surface area (Å²) in [4.78, 5) is 7.75. The smallest absolute Gasteiger partial charge is 0.418 e. The summed E-state index contributed by atoms with van der Waals surface area (Å²) in [5.41, 5.74) is -1.56. The molecule has 0 atom stereocenters. The summed E-state index contributed by atoms with van der Waals surface area (Å²) < 4.78 is 111. The maximum atomic E-state index is 14.9. The van der Waals surface area contributed by atoms with Gasteiger partial charge in [-0.15, -0.1) is 0 Å². The summed E-state index contributed by atoms with van der Waals surface area (Å²) in [7, 11) is -7.08. The van der Waals surface area contributed by atoms with Crippen LogP contribution < -0.4 is 9.46 Å². The summed E-state index contributed by atoms with van der Waals surface area (Å²) in [6, 6.07) is 12.7. The zero-order chi connectivity index (χ0) is 29.1. The van der Waals surface area contributed by atoms with E-state index in [1.165, 1.54) is 48.5 Å². The van der Waals surface area contributed by atoms with E-state index < -0.39 is 37.4 Å². The number of unbranched alkanes of at least 4 members (excludes halogenated alkanes) is 1. The third-order valence-electron chi connectivity index (χ3n) is 5.77. The third-order valence-corrected chi connectivity index (χ3v) is 8.29. The second kappa shape index (κ2) is 11.5. The molecule has 1 N–H and O–H groups in total. The first kappa shape index (κ1) is 29.4. The Kier molecular flexibility index (Phi) is 8.42. The van der Waals surface area contributed by atoms with Crippen molar-refractivity contribution in [3.8, 4) is 22.8 Å². The van der Waals surface area contributed by atoms with Gasteiger partial charge in [0.25, 0.3) is 0 Å². The van der Waals surface area contributed by atoms with Crippen molar-refractivity contribution >= 4 is 30.8 Å². The van der Waals surface area contributed by atoms with E-state index in [0.29, 0.717) is 6.42 Å². The molecule has 0 fully saturated rings. The van der Waals surface area contributed by atoms with Crippen LogP contribution in [-0.4, -0.2) is 45.4 Å². The lowest BCUT2D eigenvalue weighted by Crippen LogP contribution is -2.23. The molecule has 0 aliphatic heterocycles. The molecule has 0 bridgehead atoms. The molecule has 0 saturated heterocycles. The largest absolute Gasteiger partial charge is 0.457 e. The van der Waals surface area contributed by atoms with Crippen molar-refractivity contribution in [3.63, 3.8) is 0 Å². The van der Waals surface area contributed by atoms with Gasteiger partial charge in [0.15, 0.2) is 9.84 Å². The molecule has 0 amide bonds. The highest BCUT2D eigenvalue weighted by molar-refractivity contribution is 7.91. The van der Waals surface area contributed by atoms with Gasteiger partial charge in [0.1, 0.15) is 23.6 Å². The molecule has 0 radical (unpaired) electrons. The van der Waals surface area contributed by atoms with Crippen LogP contribution in [-0.2, 0) is 26.0 Å². The molecular weight excluding hydrogens is 574 g/mol. The fourth-order valence-electron chi connectivity index (χ4n) is 3.94. The number of hydrogen-bond acceptors (Lipinski definition) is 7. The first-order chi connectivity index (χ1) is 18.7. The molecule has 3 aromatic carbocycles. The van der Waals surface area contributed by atoms with Crippen LogP contribution in [0, 0.1) is 5.82 Å². The molecule has 0 aliphatic carbocycles. The van der Waals surface area contributed by atoms with Crippen LogP contribution >= 0.6 is 0 Å². The molecule has 4 rings (SSSR count). The second-order valence-electron chi connectivity index (χ2n) is 8.83. The third kappa shape index (κ3) is 7.11. The Labute approximate surface area is 228 Å². The molecule has 0 unspecified atom stereocenters. The van der Waals surface area contributed by atoms with Crippen molar-refractivity contribution in [1.29, 1.82) is 0 Å². The Morgan fingerprint density at radius 3 is 2.35 bits per heavy atom. The number of fused-ring (bicyclic) bond motifs is 1. The van der Waals surface area contributed by atoms with Crippen molar-refractivity contribution in [2.45, 2.75) is 23.9 Å². The Hall–Kier alpha value is -3.62. The molecule has 14 heteroatoms. The van der Waals surface area contributed by atoms with E-state index in [1.54, 1.807) is 0 Å². The predicted molar refractivity (Wildman–Crippen MR) is 141 cm³/mol. The van der Waals surface area contributed by atoms with Crippen LogP contribution in [0.2, 0.25) is 0 Å². The van der Waals surface area contributed by atoms with Crippen LogP contribution in [0.1, 0.15) is 18.4 Å². The number of hydrogen-bond donors (Lipinski definition) is 1. The Morgan fingerprint density at radius 1 is 0.900 bits per heavy atom. The summed E-state index contributed by atoms with van der Waals surface area (Å²) in [5, 5.41) is -0.00629. The monoisotopic (exact) mass is 597 g/mol. The quantitative estimate of drug-likeness (QED) is 0.194. The lowest BCUT2D eigenvalue weighted by molar-refractivity contribution is -0.136. The molecule has 8 nitrogen and oxygen atoms in total. The van der Waals surface area contributed by atoms with Gasteiger partial charge in [-0.25, -0.2) is 35.9 Å². The minimum absolute atomic E-state index is 0.00629. The number of ether oxygens (including phenoxy) is 1. The van der Waals surface area contributed by atoms with Gasteiger partial charge in [0.05, 0.1) is 33.7 Å². The summed E-state index contributed by atoms with van der Waals surface area (Å²) >= 11 is 0. The van der Waals surface area contributed by atoms with Crippen molar-refractivity contribution in [2.24, 2.45) is 0 Å². The zero-order valence-electron chi connectivity index (χ0n) is 20.9. The summed E-state index contributed by atoms with van der Waals surface area (Å²) in [6.07, 6.45) is -2.19. The van der Waals surface area contributed by atoms with Gasteiger partial charge >= 0.3 is 6.18 Å². The standard InChI is InChI=1S/C26H23F4N3O5S2/c1-39(34,35)33-12-2-3-13-40(36,37)19-7-4-6-17(14-19)38-18-10-11-23(27)21(15-18)24-20-8-5-9-22(26(28,29)30)25(20)32-16-31-24/h4-11,14-16,33H,2-3,12-13H2,1H3. The molecule has 40 heavy (non-hydrogen) atoms. The van der Waals surface area contributed by atoms with Gasteiger partial charge < -0.3 is 4.74 Å². The Bertz CT molecular complexity index is 1760. The fraction of sp³-hybridized carbons (Fsp3) is 0.231. The normalized spacial score (nSPS) is 12.5. The number of alkyl halides is 3. The van der Waals surface area contributed by atoms with Crippen LogP contribution in [0.15, 0.2) is 71.9 Å². The van der Waals surface area contributed by atoms with Gasteiger partial charge in [0.2, 0.25) is 10.0 Å². The fourth-order valence-corrected chi connectivity index (χ4v) is 5.86. The number of rotatable bonds is 10. The van der Waals surface area contributed by atoms with Crippen LogP contribution in [0.5, 0.6) is 11.5 Å². The minimum atomic E-state index is -4.67. The number of benzene rings is 3. The van der Waals surface area contributed by atoms with E-state index in [2.05, 4.69) is 14.7 Å². The maximum Gasteiger partial charge on any atom is 0.418 e. The van der Waals surface area contributed by atoms with Gasteiger partial charge in [-0.2, -0.15) is 13.2 Å². The van der Waals surface area contributed by atoms with Crippen molar-refractivity contribution in [2.75, 3.05) is 18.6 Å². The molecule has 0 spiro atoms. The average Bonchev–Trinajstić information content (AvgIpc) is 2.88.